The normalized spacial score (nSPS) is 17.0. The molecule has 1 heterocycles. The van der Waals surface area contributed by atoms with E-state index in [0.29, 0.717) is 31.4 Å². The first-order valence-electron chi connectivity index (χ1n) is 7.42. The van der Waals surface area contributed by atoms with Gasteiger partial charge in [0.25, 0.3) is 5.91 Å². The summed E-state index contributed by atoms with van der Waals surface area (Å²) in [4.78, 5) is 28.1. The Morgan fingerprint density at radius 2 is 2.00 bits per heavy atom. The van der Waals surface area contributed by atoms with E-state index in [9.17, 15) is 9.59 Å². The van der Waals surface area contributed by atoms with Crippen molar-refractivity contribution in [3.05, 3.63) is 68.0 Å². The number of carbonyl (C=O) groups excluding carboxylic acids is 1. The highest BCUT2D eigenvalue weighted by Crippen LogP contribution is 2.31. The first-order chi connectivity index (χ1) is 12.3. The molecule has 1 aliphatic heterocycles. The van der Waals surface area contributed by atoms with Gasteiger partial charge in [-0.15, -0.1) is 0 Å². The van der Waals surface area contributed by atoms with E-state index in [2.05, 4.69) is 10.3 Å². The third-order valence-corrected chi connectivity index (χ3v) is 5.05. The summed E-state index contributed by atoms with van der Waals surface area (Å²) in [5.41, 5.74) is 2.08. The minimum absolute atomic E-state index is 0.132. The molecule has 0 aliphatic carbocycles. The fourth-order valence-electron chi connectivity index (χ4n) is 2.21. The predicted octanol–water partition coefficient (Wildman–Crippen LogP) is 4.89. The van der Waals surface area contributed by atoms with E-state index < -0.39 is 5.97 Å². The quantitative estimate of drug-likeness (QED) is 0.710. The van der Waals surface area contributed by atoms with E-state index in [1.807, 2.05) is 6.92 Å². The minimum Gasteiger partial charge on any atom is -0.478 e. The topological polar surface area (TPSA) is 78.8 Å². The molecule has 0 bridgehead atoms. The summed E-state index contributed by atoms with van der Waals surface area (Å²) >= 11 is 13.2. The van der Waals surface area contributed by atoms with E-state index >= 15 is 0 Å². The zero-order chi connectivity index (χ0) is 18.8. The number of rotatable bonds is 3. The van der Waals surface area contributed by atoms with Gasteiger partial charge in [-0.1, -0.05) is 35.3 Å². The maximum Gasteiger partial charge on any atom is 0.335 e. The number of aromatic carboxylic acids is 1. The third kappa shape index (κ3) is 4.09. The molecule has 0 saturated carbocycles. The van der Waals surface area contributed by atoms with Gasteiger partial charge in [0.05, 0.1) is 16.2 Å². The molecule has 132 valence electrons. The summed E-state index contributed by atoms with van der Waals surface area (Å²) in [6, 6.07) is 9.66. The summed E-state index contributed by atoms with van der Waals surface area (Å²) in [5.74, 6) is -1.33. The van der Waals surface area contributed by atoms with Crippen molar-refractivity contribution in [1.29, 1.82) is 0 Å². The average molecular weight is 407 g/mol. The zero-order valence-electron chi connectivity index (χ0n) is 13.4. The lowest BCUT2D eigenvalue weighted by Crippen LogP contribution is -2.19. The molecule has 0 unspecified atom stereocenters. The number of aliphatic imine (C=N–C) groups is 1. The van der Waals surface area contributed by atoms with Crippen LogP contribution >= 0.6 is 35.0 Å². The van der Waals surface area contributed by atoms with Crippen molar-refractivity contribution >= 4 is 63.8 Å². The summed E-state index contributed by atoms with van der Waals surface area (Å²) < 4.78 is 0. The van der Waals surface area contributed by atoms with E-state index in [1.165, 1.54) is 12.1 Å². The molecule has 0 atom stereocenters. The van der Waals surface area contributed by atoms with Gasteiger partial charge >= 0.3 is 5.97 Å². The van der Waals surface area contributed by atoms with Crippen LogP contribution < -0.4 is 5.32 Å². The molecular weight excluding hydrogens is 395 g/mol. The number of halogens is 2. The first-order valence-corrected chi connectivity index (χ1v) is 8.99. The van der Waals surface area contributed by atoms with E-state index in [-0.39, 0.29) is 11.5 Å². The molecule has 1 amide bonds. The number of carboxylic acid groups (broad SMARTS) is 1. The van der Waals surface area contributed by atoms with Crippen LogP contribution in [0.3, 0.4) is 0 Å². The van der Waals surface area contributed by atoms with Gasteiger partial charge < -0.3 is 10.4 Å². The number of hydrogen-bond donors (Lipinski definition) is 2. The number of nitrogens with zero attached hydrogens (tertiary/aromatic N) is 1. The van der Waals surface area contributed by atoms with Gasteiger partial charge in [-0.25, -0.2) is 9.79 Å². The van der Waals surface area contributed by atoms with Gasteiger partial charge in [0, 0.05) is 10.0 Å². The Hall–Kier alpha value is -2.28. The summed E-state index contributed by atoms with van der Waals surface area (Å²) in [7, 11) is 0. The number of amides is 1. The van der Waals surface area contributed by atoms with Crippen molar-refractivity contribution in [2.24, 2.45) is 4.99 Å². The Bertz CT molecular complexity index is 986. The number of nitrogens with one attached hydrogen (secondary N) is 1. The van der Waals surface area contributed by atoms with Crippen molar-refractivity contribution < 1.29 is 14.7 Å². The van der Waals surface area contributed by atoms with Gasteiger partial charge in [0.2, 0.25) is 0 Å². The number of thioether (sulfide) groups is 1. The Kier molecular flexibility index (Phi) is 5.36. The average Bonchev–Trinajstić information content (AvgIpc) is 2.91. The molecule has 0 spiro atoms. The number of benzene rings is 2. The summed E-state index contributed by atoms with van der Waals surface area (Å²) in [5, 5.41) is 13.1. The maximum absolute atomic E-state index is 12.2. The highest BCUT2D eigenvalue weighted by Gasteiger charge is 2.24. The fraction of sp³-hybridized carbons (Fsp3) is 0.0556. The van der Waals surface area contributed by atoms with Gasteiger partial charge in [-0.2, -0.15) is 0 Å². The van der Waals surface area contributed by atoms with Crippen LogP contribution in [0.4, 0.5) is 5.69 Å². The van der Waals surface area contributed by atoms with Gasteiger partial charge in [0.1, 0.15) is 0 Å². The van der Waals surface area contributed by atoms with Crippen LogP contribution in [-0.2, 0) is 4.79 Å². The van der Waals surface area contributed by atoms with Crippen molar-refractivity contribution in [3.63, 3.8) is 0 Å². The maximum atomic E-state index is 12.2. The summed E-state index contributed by atoms with van der Waals surface area (Å²) in [6.45, 7) is 1.82. The second kappa shape index (κ2) is 7.53. The van der Waals surface area contributed by atoms with Crippen LogP contribution in [0.5, 0.6) is 0 Å². The number of hydrogen-bond acceptors (Lipinski definition) is 4. The molecule has 1 fully saturated rings. The Labute approximate surface area is 163 Å². The fourth-order valence-corrected chi connectivity index (χ4v) is 3.50. The monoisotopic (exact) mass is 406 g/mol. The predicted molar refractivity (Wildman–Crippen MR) is 105 cm³/mol. The van der Waals surface area contributed by atoms with Crippen LogP contribution in [0, 0.1) is 6.92 Å². The number of aryl methyl sites for hydroxylation is 1. The van der Waals surface area contributed by atoms with Crippen LogP contribution in [-0.4, -0.2) is 22.2 Å². The lowest BCUT2D eigenvalue weighted by atomic mass is 10.1. The van der Waals surface area contributed by atoms with Crippen molar-refractivity contribution in [2.75, 3.05) is 0 Å². The second-order valence-electron chi connectivity index (χ2n) is 5.45. The largest absolute Gasteiger partial charge is 0.478 e. The number of carboxylic acids is 1. The molecule has 5 nitrogen and oxygen atoms in total. The van der Waals surface area contributed by atoms with Crippen molar-refractivity contribution in [3.8, 4) is 0 Å². The number of carbonyl (C=O) groups is 2. The van der Waals surface area contributed by atoms with E-state index in [4.69, 9.17) is 28.3 Å². The highest BCUT2D eigenvalue weighted by atomic mass is 35.5. The number of amidine groups is 1. The molecule has 3 rings (SSSR count). The van der Waals surface area contributed by atoms with E-state index in [0.717, 1.165) is 17.3 Å². The standard InChI is InChI=1S/C18H12Cl2N2O3S/c1-9-2-3-11(17(24)25)6-14(9)21-18-22-16(23)15(26-18)7-10-4-5-12(19)8-13(10)20/h2-8H,1H3,(H,24,25)(H,21,22,23). The van der Waals surface area contributed by atoms with Gasteiger partial charge in [0.15, 0.2) is 5.17 Å². The lowest BCUT2D eigenvalue weighted by molar-refractivity contribution is -0.115. The zero-order valence-corrected chi connectivity index (χ0v) is 15.7. The van der Waals surface area contributed by atoms with Crippen molar-refractivity contribution in [2.45, 2.75) is 6.92 Å². The van der Waals surface area contributed by atoms with Crippen LogP contribution in [0.25, 0.3) is 6.08 Å². The smallest absolute Gasteiger partial charge is 0.335 e. The van der Waals surface area contributed by atoms with Crippen LogP contribution in [0.1, 0.15) is 21.5 Å². The van der Waals surface area contributed by atoms with E-state index in [1.54, 1.807) is 30.3 Å². The first kappa shape index (κ1) is 18.5. The van der Waals surface area contributed by atoms with Gasteiger partial charge in [-0.3, -0.25) is 4.79 Å². The SMILES string of the molecule is Cc1ccc(C(=O)O)cc1N=C1NC(=O)C(=Cc2ccc(Cl)cc2Cl)S1. The molecule has 0 aromatic heterocycles. The molecule has 2 aromatic rings. The Morgan fingerprint density at radius 3 is 2.69 bits per heavy atom. The third-order valence-electron chi connectivity index (χ3n) is 3.58. The molecule has 8 heteroatoms. The lowest BCUT2D eigenvalue weighted by Gasteiger charge is -2.03. The van der Waals surface area contributed by atoms with Crippen LogP contribution in [0.2, 0.25) is 10.0 Å². The van der Waals surface area contributed by atoms with Crippen LogP contribution in [0.15, 0.2) is 46.3 Å². The Balaban J connectivity index is 1.90. The molecule has 2 aromatic carbocycles. The van der Waals surface area contributed by atoms with Crippen molar-refractivity contribution in [1.82, 2.24) is 5.32 Å². The molecular formula is C18H12Cl2N2O3S. The molecule has 0 radical (unpaired) electrons. The molecule has 1 aliphatic rings. The second-order valence-corrected chi connectivity index (χ2v) is 7.33. The molecule has 2 N–H and O–H groups in total. The minimum atomic E-state index is -1.03. The van der Waals surface area contributed by atoms with Gasteiger partial charge in [-0.05, 0) is 60.2 Å². The summed E-state index contributed by atoms with van der Waals surface area (Å²) in [6.07, 6.45) is 1.65. The Morgan fingerprint density at radius 1 is 1.23 bits per heavy atom. The molecule has 1 saturated heterocycles. The highest BCUT2D eigenvalue weighted by molar-refractivity contribution is 8.18. The molecule has 26 heavy (non-hydrogen) atoms.